The third-order valence-electron chi connectivity index (χ3n) is 8.02. The molecule has 2 amide bonds. The van der Waals surface area contributed by atoms with Crippen LogP contribution in [0.4, 0.5) is 5.69 Å². The molecule has 2 aliphatic rings. The van der Waals surface area contributed by atoms with E-state index in [9.17, 15) is 24.6 Å². The number of phenols is 1. The quantitative estimate of drug-likeness (QED) is 0.498. The van der Waals surface area contributed by atoms with Crippen LogP contribution in [0.5, 0.6) is 11.5 Å². The Hall–Kier alpha value is -3.59. The lowest BCUT2D eigenvalue weighted by Crippen LogP contribution is -2.60. The maximum Gasteiger partial charge on any atom is 0.264 e. The molecule has 0 aromatic heterocycles. The summed E-state index contributed by atoms with van der Waals surface area (Å²) in [5.74, 6) is 0.0704. The number of nitrogens with one attached hydrogen (secondary N) is 1. The molecular formula is C29H37N3O6. The summed E-state index contributed by atoms with van der Waals surface area (Å²) < 4.78 is 6.23. The first kappa shape index (κ1) is 27.4. The molecule has 4 rings (SSSR count). The van der Waals surface area contributed by atoms with Crippen LogP contribution in [0.3, 0.4) is 0 Å². The van der Waals surface area contributed by atoms with Gasteiger partial charge in [-0.1, -0.05) is 0 Å². The standard InChI is InChI=1S/C29H37N3O6/c1-17-18(2)26-23(19(3)25(17)35)10-11-29(5,38-26)28(37)30-24(16-33)27(36)32-14-12-31(13-15-32)22-8-6-21(7-9-22)20(4)34/h6-9,24,33,35H,10-16H2,1-5H3,(H,30,37)/t24-,29?/m0/s1. The molecule has 3 N–H and O–H groups in total. The first-order valence-electron chi connectivity index (χ1n) is 13.0. The fourth-order valence-electron chi connectivity index (χ4n) is 5.22. The van der Waals surface area contributed by atoms with E-state index in [-0.39, 0.29) is 17.4 Å². The SMILES string of the molecule is CC(=O)c1ccc(N2CCN(C(=O)[C@H](CO)NC(=O)C3(C)CCc4c(C)c(O)c(C)c(C)c4O3)CC2)cc1. The van der Waals surface area contributed by atoms with Crippen LogP contribution in [0.2, 0.25) is 0 Å². The Morgan fingerprint density at radius 1 is 1.03 bits per heavy atom. The number of nitrogens with zero attached hydrogens (tertiary/aromatic N) is 2. The molecule has 1 saturated heterocycles. The Balaban J connectivity index is 1.39. The molecule has 0 spiro atoms. The molecule has 1 unspecified atom stereocenters. The number of carbonyl (C=O) groups excluding carboxylic acids is 3. The van der Waals surface area contributed by atoms with Crippen molar-refractivity contribution in [2.75, 3.05) is 37.7 Å². The van der Waals surface area contributed by atoms with Gasteiger partial charge in [-0.25, -0.2) is 0 Å². The minimum absolute atomic E-state index is 0.0143. The lowest BCUT2D eigenvalue weighted by atomic mass is 9.86. The van der Waals surface area contributed by atoms with Crippen LogP contribution in [0.25, 0.3) is 0 Å². The average molecular weight is 524 g/mol. The molecule has 9 nitrogen and oxygen atoms in total. The maximum atomic E-state index is 13.3. The molecule has 9 heteroatoms. The molecule has 0 radical (unpaired) electrons. The van der Waals surface area contributed by atoms with Gasteiger partial charge in [-0.3, -0.25) is 14.4 Å². The number of Topliss-reactive ketones (excluding diaryl/α,β-unsaturated/α-hetero) is 1. The fourth-order valence-corrected chi connectivity index (χ4v) is 5.22. The van der Waals surface area contributed by atoms with Crippen LogP contribution in [0.1, 0.15) is 52.9 Å². The predicted octanol–water partition coefficient (Wildman–Crippen LogP) is 2.43. The Morgan fingerprint density at radius 2 is 1.66 bits per heavy atom. The van der Waals surface area contributed by atoms with E-state index >= 15 is 0 Å². The van der Waals surface area contributed by atoms with Gasteiger partial charge in [0, 0.05) is 49.4 Å². The number of amides is 2. The molecule has 2 aromatic carbocycles. The first-order valence-corrected chi connectivity index (χ1v) is 13.0. The van der Waals surface area contributed by atoms with E-state index in [4.69, 9.17) is 4.74 Å². The normalized spacial score (nSPS) is 19.8. The smallest absolute Gasteiger partial charge is 0.264 e. The molecule has 2 aliphatic heterocycles. The van der Waals surface area contributed by atoms with E-state index in [2.05, 4.69) is 10.2 Å². The van der Waals surface area contributed by atoms with Gasteiger partial charge in [-0.15, -0.1) is 0 Å². The van der Waals surface area contributed by atoms with Gasteiger partial charge in [0.05, 0.1) is 6.61 Å². The number of fused-ring (bicyclic) bond motifs is 1. The third kappa shape index (κ3) is 5.07. The van der Waals surface area contributed by atoms with Gasteiger partial charge in [-0.2, -0.15) is 0 Å². The summed E-state index contributed by atoms with van der Waals surface area (Å²) in [7, 11) is 0. The molecule has 2 heterocycles. The Morgan fingerprint density at radius 3 is 2.24 bits per heavy atom. The summed E-state index contributed by atoms with van der Waals surface area (Å²) in [6, 6.07) is 6.33. The van der Waals surface area contributed by atoms with Crippen LogP contribution in [-0.4, -0.2) is 77.1 Å². The van der Waals surface area contributed by atoms with Crippen molar-refractivity contribution in [3.8, 4) is 11.5 Å². The van der Waals surface area contributed by atoms with Crippen LogP contribution in [-0.2, 0) is 16.0 Å². The van der Waals surface area contributed by atoms with E-state index in [1.807, 2.05) is 32.9 Å². The number of carbonyl (C=O) groups is 3. The molecule has 38 heavy (non-hydrogen) atoms. The molecule has 1 fully saturated rings. The van der Waals surface area contributed by atoms with Crippen LogP contribution in [0.15, 0.2) is 24.3 Å². The van der Waals surface area contributed by atoms with E-state index in [0.717, 1.165) is 22.4 Å². The van der Waals surface area contributed by atoms with Crippen LogP contribution in [0, 0.1) is 20.8 Å². The van der Waals surface area contributed by atoms with Crippen molar-refractivity contribution in [2.24, 2.45) is 0 Å². The molecular weight excluding hydrogens is 486 g/mol. The van der Waals surface area contributed by atoms with Crippen molar-refractivity contribution >= 4 is 23.3 Å². The zero-order valence-electron chi connectivity index (χ0n) is 22.8. The zero-order chi connectivity index (χ0) is 27.8. The summed E-state index contributed by atoms with van der Waals surface area (Å²) in [6.07, 6.45) is 0.926. The van der Waals surface area contributed by atoms with Gasteiger partial charge in [0.2, 0.25) is 5.91 Å². The maximum absolute atomic E-state index is 13.3. The highest BCUT2D eigenvalue weighted by molar-refractivity contribution is 5.94. The number of benzene rings is 2. The number of aliphatic hydroxyl groups excluding tert-OH is 1. The number of hydrogen-bond acceptors (Lipinski definition) is 7. The number of phenolic OH excluding ortho intramolecular Hbond substituents is 1. The van der Waals surface area contributed by atoms with E-state index < -0.39 is 24.2 Å². The van der Waals surface area contributed by atoms with Crippen molar-refractivity contribution in [2.45, 2.75) is 59.1 Å². The first-order chi connectivity index (χ1) is 18.0. The Kier molecular flexibility index (Phi) is 7.69. The Bertz CT molecular complexity index is 1250. The summed E-state index contributed by atoms with van der Waals surface area (Å²) >= 11 is 0. The number of aliphatic hydroxyl groups is 1. The van der Waals surface area contributed by atoms with Crippen molar-refractivity contribution in [1.82, 2.24) is 10.2 Å². The van der Waals surface area contributed by atoms with Gasteiger partial charge in [-0.05, 0) is 82.0 Å². The largest absolute Gasteiger partial charge is 0.507 e. The van der Waals surface area contributed by atoms with Crippen molar-refractivity contribution < 1.29 is 29.3 Å². The summed E-state index contributed by atoms with van der Waals surface area (Å²) in [4.78, 5) is 41.9. The van der Waals surface area contributed by atoms with E-state index in [1.165, 1.54) is 6.92 Å². The highest BCUT2D eigenvalue weighted by atomic mass is 16.5. The van der Waals surface area contributed by atoms with Crippen molar-refractivity contribution in [1.29, 1.82) is 0 Å². The number of aromatic hydroxyl groups is 1. The summed E-state index contributed by atoms with van der Waals surface area (Å²) in [5.41, 5.74) is 3.55. The topological polar surface area (TPSA) is 119 Å². The minimum atomic E-state index is -1.22. The minimum Gasteiger partial charge on any atom is -0.507 e. The van der Waals surface area contributed by atoms with Gasteiger partial charge in [0.25, 0.3) is 5.91 Å². The Labute approximate surface area is 223 Å². The number of hydrogen-bond donors (Lipinski definition) is 3. The van der Waals surface area contributed by atoms with Crippen molar-refractivity contribution in [3.63, 3.8) is 0 Å². The van der Waals surface area contributed by atoms with Crippen LogP contribution >= 0.6 is 0 Å². The van der Waals surface area contributed by atoms with E-state index in [0.29, 0.717) is 55.9 Å². The van der Waals surface area contributed by atoms with Crippen LogP contribution < -0.4 is 15.0 Å². The second-order valence-electron chi connectivity index (χ2n) is 10.5. The highest BCUT2D eigenvalue weighted by Gasteiger charge is 2.42. The van der Waals surface area contributed by atoms with Gasteiger partial charge >= 0.3 is 0 Å². The second-order valence-corrected chi connectivity index (χ2v) is 10.5. The molecule has 2 atom stereocenters. The lowest BCUT2D eigenvalue weighted by Gasteiger charge is -2.39. The summed E-state index contributed by atoms with van der Waals surface area (Å²) in [5, 5.41) is 23.1. The lowest BCUT2D eigenvalue weighted by molar-refractivity contribution is -0.144. The molecule has 0 bridgehead atoms. The van der Waals surface area contributed by atoms with Crippen molar-refractivity contribution in [3.05, 3.63) is 52.1 Å². The number of ketones is 1. The number of ether oxygens (including phenoxy) is 1. The average Bonchev–Trinajstić information content (AvgIpc) is 2.93. The molecule has 2 aromatic rings. The predicted molar refractivity (Wildman–Crippen MR) is 144 cm³/mol. The molecule has 204 valence electrons. The van der Waals surface area contributed by atoms with Gasteiger partial charge in [0.15, 0.2) is 11.4 Å². The van der Waals surface area contributed by atoms with Gasteiger partial charge < -0.3 is 30.1 Å². The third-order valence-corrected chi connectivity index (χ3v) is 8.02. The monoisotopic (exact) mass is 523 g/mol. The van der Waals surface area contributed by atoms with Gasteiger partial charge in [0.1, 0.15) is 17.5 Å². The number of anilines is 1. The zero-order valence-corrected chi connectivity index (χ0v) is 22.8. The van der Waals surface area contributed by atoms with E-state index in [1.54, 1.807) is 24.0 Å². The summed E-state index contributed by atoms with van der Waals surface area (Å²) in [6.45, 7) is 10.3. The number of rotatable bonds is 6. The highest BCUT2D eigenvalue weighted by Crippen LogP contribution is 2.43. The molecule has 0 aliphatic carbocycles. The fraction of sp³-hybridized carbons (Fsp3) is 0.483. The number of piperazine rings is 1. The second kappa shape index (κ2) is 10.6. The molecule has 0 saturated carbocycles.